The van der Waals surface area contributed by atoms with Gasteiger partial charge in [0.25, 0.3) is 0 Å². The van der Waals surface area contributed by atoms with Gasteiger partial charge in [-0.3, -0.25) is 9.59 Å². The first kappa shape index (κ1) is 19.7. The van der Waals surface area contributed by atoms with Gasteiger partial charge in [-0.25, -0.2) is 0 Å². The van der Waals surface area contributed by atoms with E-state index in [-0.39, 0.29) is 18.2 Å². The Kier molecular flexibility index (Phi) is 6.56. The van der Waals surface area contributed by atoms with Crippen LogP contribution in [0.25, 0.3) is 0 Å². The van der Waals surface area contributed by atoms with Crippen LogP contribution in [0.15, 0.2) is 42.5 Å². The molecule has 2 rings (SSSR count). The maximum Gasteiger partial charge on any atom is 0.243 e. The van der Waals surface area contributed by atoms with E-state index in [1.54, 1.807) is 24.3 Å². The minimum Gasteiger partial charge on any atom is -0.376 e. The lowest BCUT2D eigenvalue weighted by Gasteiger charge is -2.20. The summed E-state index contributed by atoms with van der Waals surface area (Å²) in [5.41, 5.74) is 4.81. The molecule has 1 amide bonds. The Morgan fingerprint density at radius 3 is 1.88 bits per heavy atom. The normalized spacial score (nSPS) is 10.9. The fourth-order valence-electron chi connectivity index (χ4n) is 2.92. The fraction of sp³-hybridized carbons (Fsp3) is 0.364. The molecule has 4 nitrogen and oxygen atoms in total. The van der Waals surface area contributed by atoms with Gasteiger partial charge in [-0.2, -0.15) is 0 Å². The van der Waals surface area contributed by atoms with E-state index in [1.807, 2.05) is 0 Å². The zero-order chi connectivity index (χ0) is 19.3. The van der Waals surface area contributed by atoms with E-state index in [0.717, 1.165) is 5.69 Å². The average molecular weight is 352 g/mol. The van der Waals surface area contributed by atoms with E-state index in [0.29, 0.717) is 23.1 Å². The molecule has 0 spiro atoms. The topological polar surface area (TPSA) is 58.2 Å². The van der Waals surface area contributed by atoms with Crippen molar-refractivity contribution < 1.29 is 9.59 Å². The van der Waals surface area contributed by atoms with Crippen LogP contribution < -0.4 is 10.6 Å². The predicted molar refractivity (Wildman–Crippen MR) is 108 cm³/mol. The Morgan fingerprint density at radius 1 is 0.885 bits per heavy atom. The van der Waals surface area contributed by atoms with Crippen LogP contribution in [-0.4, -0.2) is 18.2 Å². The number of nitrogens with one attached hydrogen (secondary N) is 2. The number of carbonyl (C=O) groups excluding carboxylic acids is 2. The quantitative estimate of drug-likeness (QED) is 0.675. The largest absolute Gasteiger partial charge is 0.376 e. The number of amides is 1. The summed E-state index contributed by atoms with van der Waals surface area (Å²) >= 11 is 0. The first-order valence-electron chi connectivity index (χ1n) is 9.07. The summed E-state index contributed by atoms with van der Waals surface area (Å²) in [7, 11) is 0. The zero-order valence-electron chi connectivity index (χ0n) is 16.2. The molecule has 2 aromatic rings. The van der Waals surface area contributed by atoms with Gasteiger partial charge < -0.3 is 10.6 Å². The highest BCUT2D eigenvalue weighted by molar-refractivity contribution is 5.96. The first-order valence-corrected chi connectivity index (χ1v) is 9.07. The highest BCUT2D eigenvalue weighted by Gasteiger charge is 2.14. The van der Waals surface area contributed by atoms with Crippen LogP contribution in [0.1, 0.15) is 67.9 Å². The standard InChI is InChI=1S/C22H28N2O2/c1-14(2)19-7-6-8-20(15(3)4)22(19)23-13-21(26)24-18-11-9-17(10-12-18)16(5)25/h6-12,14-15,23H,13H2,1-5H3,(H,24,26). The summed E-state index contributed by atoms with van der Waals surface area (Å²) in [6.45, 7) is 10.3. The number of para-hydroxylation sites is 1. The molecule has 0 unspecified atom stereocenters. The van der Waals surface area contributed by atoms with E-state index in [2.05, 4.69) is 56.5 Å². The van der Waals surface area contributed by atoms with Crippen LogP contribution in [0.3, 0.4) is 0 Å². The number of benzene rings is 2. The number of rotatable bonds is 7. The average Bonchev–Trinajstić information content (AvgIpc) is 2.59. The van der Waals surface area contributed by atoms with Crippen molar-refractivity contribution in [1.82, 2.24) is 0 Å². The van der Waals surface area contributed by atoms with Gasteiger partial charge in [-0.15, -0.1) is 0 Å². The number of hydrogen-bond donors (Lipinski definition) is 2. The highest BCUT2D eigenvalue weighted by Crippen LogP contribution is 2.32. The lowest BCUT2D eigenvalue weighted by atomic mass is 9.92. The summed E-state index contributed by atoms with van der Waals surface area (Å²) in [5, 5.41) is 6.19. The third-order valence-electron chi connectivity index (χ3n) is 4.37. The van der Waals surface area contributed by atoms with Gasteiger partial charge in [-0.05, 0) is 54.2 Å². The lowest BCUT2D eigenvalue weighted by molar-refractivity contribution is -0.114. The molecule has 0 atom stereocenters. The molecule has 0 aromatic heterocycles. The highest BCUT2D eigenvalue weighted by atomic mass is 16.2. The molecular formula is C22H28N2O2. The van der Waals surface area contributed by atoms with Crippen LogP contribution in [0.5, 0.6) is 0 Å². The molecule has 0 saturated carbocycles. The van der Waals surface area contributed by atoms with Crippen LogP contribution >= 0.6 is 0 Å². The molecule has 138 valence electrons. The van der Waals surface area contributed by atoms with Gasteiger partial charge in [0.15, 0.2) is 5.78 Å². The summed E-state index contributed by atoms with van der Waals surface area (Å²) in [5.74, 6) is 0.640. The molecule has 0 saturated heterocycles. The minimum absolute atomic E-state index is 0.0102. The van der Waals surface area contributed by atoms with Crippen LogP contribution in [0.4, 0.5) is 11.4 Å². The van der Waals surface area contributed by atoms with E-state index in [1.165, 1.54) is 18.1 Å². The molecular weight excluding hydrogens is 324 g/mol. The second-order valence-corrected chi connectivity index (χ2v) is 7.16. The molecule has 0 aliphatic rings. The van der Waals surface area contributed by atoms with Gasteiger partial charge in [0.2, 0.25) is 5.91 Å². The summed E-state index contributed by atoms with van der Waals surface area (Å²) in [6, 6.07) is 13.2. The van der Waals surface area contributed by atoms with Gasteiger partial charge in [0.1, 0.15) is 0 Å². The molecule has 4 heteroatoms. The second-order valence-electron chi connectivity index (χ2n) is 7.16. The van der Waals surface area contributed by atoms with E-state index >= 15 is 0 Å². The van der Waals surface area contributed by atoms with E-state index in [9.17, 15) is 9.59 Å². The number of hydrogen-bond acceptors (Lipinski definition) is 3. The summed E-state index contributed by atoms with van der Waals surface area (Å²) in [6.07, 6.45) is 0. The van der Waals surface area contributed by atoms with Crippen LogP contribution in [0.2, 0.25) is 0 Å². The van der Waals surface area contributed by atoms with Crippen LogP contribution in [0, 0.1) is 0 Å². The molecule has 2 N–H and O–H groups in total. The van der Waals surface area contributed by atoms with Gasteiger partial charge in [0, 0.05) is 16.9 Å². The number of ketones is 1. The molecule has 0 radical (unpaired) electrons. The Bertz CT molecular complexity index is 751. The van der Waals surface area contributed by atoms with Crippen molar-refractivity contribution in [3.63, 3.8) is 0 Å². The van der Waals surface area contributed by atoms with Gasteiger partial charge >= 0.3 is 0 Å². The molecule has 26 heavy (non-hydrogen) atoms. The lowest BCUT2D eigenvalue weighted by Crippen LogP contribution is -2.23. The number of Topliss-reactive ketones (excluding diaryl/α,β-unsaturated/α-hetero) is 1. The summed E-state index contributed by atoms with van der Waals surface area (Å²) < 4.78 is 0. The summed E-state index contributed by atoms with van der Waals surface area (Å²) in [4.78, 5) is 23.6. The Labute approximate surface area is 156 Å². The Hall–Kier alpha value is -2.62. The van der Waals surface area contributed by atoms with Crippen molar-refractivity contribution in [3.8, 4) is 0 Å². The third-order valence-corrected chi connectivity index (χ3v) is 4.37. The minimum atomic E-state index is -0.117. The molecule has 0 bridgehead atoms. The number of anilines is 2. The van der Waals surface area contributed by atoms with Crippen molar-refractivity contribution in [2.45, 2.75) is 46.5 Å². The predicted octanol–water partition coefficient (Wildman–Crippen LogP) is 5.19. The van der Waals surface area contributed by atoms with E-state index in [4.69, 9.17) is 0 Å². The molecule has 0 fully saturated rings. The van der Waals surface area contributed by atoms with E-state index < -0.39 is 0 Å². The Morgan fingerprint density at radius 2 is 1.42 bits per heavy atom. The fourth-order valence-corrected chi connectivity index (χ4v) is 2.92. The second kappa shape index (κ2) is 8.65. The SMILES string of the molecule is CC(=O)c1ccc(NC(=O)CNc2c(C(C)C)cccc2C(C)C)cc1. The van der Waals surface area contributed by atoms with Crippen LogP contribution in [-0.2, 0) is 4.79 Å². The van der Waals surface area contributed by atoms with Crippen molar-refractivity contribution in [2.75, 3.05) is 17.2 Å². The maximum absolute atomic E-state index is 12.3. The molecule has 0 aliphatic heterocycles. The smallest absolute Gasteiger partial charge is 0.243 e. The van der Waals surface area contributed by atoms with Gasteiger partial charge in [0.05, 0.1) is 6.54 Å². The monoisotopic (exact) mass is 352 g/mol. The van der Waals surface area contributed by atoms with Gasteiger partial charge in [-0.1, -0.05) is 45.9 Å². The molecule has 0 heterocycles. The van der Waals surface area contributed by atoms with Crippen molar-refractivity contribution in [2.24, 2.45) is 0 Å². The molecule has 2 aromatic carbocycles. The Balaban J connectivity index is 2.08. The zero-order valence-corrected chi connectivity index (χ0v) is 16.2. The third kappa shape index (κ3) is 4.94. The maximum atomic E-state index is 12.3. The molecule has 0 aliphatic carbocycles. The first-order chi connectivity index (χ1) is 12.3. The number of carbonyl (C=O) groups is 2. The van der Waals surface area contributed by atoms with Crippen molar-refractivity contribution in [3.05, 3.63) is 59.2 Å². The van der Waals surface area contributed by atoms with Crippen molar-refractivity contribution in [1.29, 1.82) is 0 Å². The van der Waals surface area contributed by atoms with Crippen molar-refractivity contribution >= 4 is 23.1 Å².